The van der Waals surface area contributed by atoms with Gasteiger partial charge in [-0.25, -0.2) is 8.42 Å². The van der Waals surface area contributed by atoms with Crippen LogP contribution in [0.5, 0.6) is 5.75 Å². The zero-order valence-corrected chi connectivity index (χ0v) is 14.2. The van der Waals surface area contributed by atoms with Crippen LogP contribution in [-0.4, -0.2) is 39.9 Å². The summed E-state index contributed by atoms with van der Waals surface area (Å²) in [5, 5.41) is 0. The molecular weight excluding hydrogens is 314 g/mol. The highest BCUT2D eigenvalue weighted by molar-refractivity contribution is 8.13. The molecule has 0 aliphatic heterocycles. The number of benzene rings is 1. The van der Waals surface area contributed by atoms with E-state index in [1.54, 1.807) is 40.1 Å². The van der Waals surface area contributed by atoms with E-state index in [-0.39, 0.29) is 10.8 Å². The minimum absolute atomic E-state index is 0.0505. The van der Waals surface area contributed by atoms with Crippen LogP contribution in [0.4, 0.5) is 0 Å². The maximum Gasteiger partial charge on any atom is 0.261 e. The van der Waals surface area contributed by atoms with Crippen LogP contribution in [0.3, 0.4) is 0 Å². The van der Waals surface area contributed by atoms with E-state index in [2.05, 4.69) is 0 Å². The van der Waals surface area contributed by atoms with Gasteiger partial charge in [0.2, 0.25) is 5.91 Å². The molecule has 0 unspecified atom stereocenters. The molecule has 0 aliphatic rings. The average Bonchev–Trinajstić information content (AvgIpc) is 2.31. The SMILES string of the molecule is Cc1cc(OCCCC(=O)N(C)C)cc(C)c1S(=O)(=O)Cl. The van der Waals surface area contributed by atoms with Gasteiger partial charge in [-0.2, -0.15) is 0 Å². The van der Waals surface area contributed by atoms with Crippen LogP contribution >= 0.6 is 10.7 Å². The van der Waals surface area contributed by atoms with Crippen LogP contribution in [0.2, 0.25) is 0 Å². The monoisotopic (exact) mass is 333 g/mol. The van der Waals surface area contributed by atoms with Gasteiger partial charge in [-0.3, -0.25) is 4.79 Å². The van der Waals surface area contributed by atoms with E-state index in [4.69, 9.17) is 15.4 Å². The molecule has 0 atom stereocenters. The zero-order valence-electron chi connectivity index (χ0n) is 12.6. The molecule has 0 spiro atoms. The third kappa shape index (κ3) is 5.21. The minimum Gasteiger partial charge on any atom is -0.494 e. The lowest BCUT2D eigenvalue weighted by Crippen LogP contribution is -2.21. The first-order chi connectivity index (χ1) is 9.62. The number of aryl methyl sites for hydroxylation is 2. The summed E-state index contributed by atoms with van der Waals surface area (Å²) in [6, 6.07) is 3.27. The predicted octanol–water partition coefficient (Wildman–Crippen LogP) is 2.48. The van der Waals surface area contributed by atoms with E-state index >= 15 is 0 Å². The fourth-order valence-corrected chi connectivity index (χ4v) is 3.63. The van der Waals surface area contributed by atoms with Crippen LogP contribution in [0, 0.1) is 13.8 Å². The Balaban J connectivity index is 2.69. The molecule has 0 N–H and O–H groups in total. The quantitative estimate of drug-likeness (QED) is 0.592. The summed E-state index contributed by atoms with van der Waals surface area (Å²) in [6.07, 6.45) is 1.02. The van der Waals surface area contributed by atoms with Crippen molar-refractivity contribution in [3.63, 3.8) is 0 Å². The standard InChI is InChI=1S/C14H20ClNO4S/c1-10-8-12(9-11(2)14(10)21(15,18)19)20-7-5-6-13(17)16(3)4/h8-9H,5-7H2,1-4H3. The molecule has 1 rings (SSSR count). The van der Waals surface area contributed by atoms with E-state index in [1.807, 2.05) is 0 Å². The van der Waals surface area contributed by atoms with Crippen molar-refractivity contribution in [1.29, 1.82) is 0 Å². The Morgan fingerprint density at radius 1 is 1.24 bits per heavy atom. The Morgan fingerprint density at radius 3 is 2.19 bits per heavy atom. The molecule has 1 aromatic carbocycles. The number of hydrogen-bond acceptors (Lipinski definition) is 4. The topological polar surface area (TPSA) is 63.7 Å². The van der Waals surface area contributed by atoms with Crippen LogP contribution in [0.1, 0.15) is 24.0 Å². The molecule has 1 amide bonds. The largest absolute Gasteiger partial charge is 0.494 e. The molecule has 118 valence electrons. The molecule has 21 heavy (non-hydrogen) atoms. The van der Waals surface area contributed by atoms with Crippen molar-refractivity contribution < 1.29 is 17.9 Å². The van der Waals surface area contributed by atoms with Gasteiger partial charge in [-0.1, -0.05) is 0 Å². The Kier molecular flexibility index (Phi) is 6.04. The van der Waals surface area contributed by atoms with E-state index in [0.29, 0.717) is 36.3 Å². The molecular formula is C14H20ClNO4S. The first kappa shape index (κ1) is 17.8. The average molecular weight is 334 g/mol. The molecule has 0 saturated heterocycles. The van der Waals surface area contributed by atoms with Gasteiger partial charge in [-0.15, -0.1) is 0 Å². The van der Waals surface area contributed by atoms with Crippen molar-refractivity contribution in [3.05, 3.63) is 23.3 Å². The highest BCUT2D eigenvalue weighted by Crippen LogP contribution is 2.28. The summed E-state index contributed by atoms with van der Waals surface area (Å²) in [6.45, 7) is 3.74. The lowest BCUT2D eigenvalue weighted by molar-refractivity contribution is -0.128. The summed E-state index contributed by atoms with van der Waals surface area (Å²) in [4.78, 5) is 13.1. The van der Waals surface area contributed by atoms with Gasteiger partial charge in [0.15, 0.2) is 0 Å². The van der Waals surface area contributed by atoms with Gasteiger partial charge < -0.3 is 9.64 Å². The molecule has 1 aromatic rings. The maximum atomic E-state index is 11.5. The third-order valence-electron chi connectivity index (χ3n) is 2.98. The van der Waals surface area contributed by atoms with E-state index in [1.165, 1.54) is 4.90 Å². The molecule has 0 aliphatic carbocycles. The van der Waals surface area contributed by atoms with Gasteiger partial charge in [-0.05, 0) is 43.5 Å². The number of amides is 1. The Bertz CT molecular complexity index is 603. The van der Waals surface area contributed by atoms with Gasteiger partial charge in [0.1, 0.15) is 5.75 Å². The summed E-state index contributed by atoms with van der Waals surface area (Å²) in [7, 11) is 5.06. The third-order valence-corrected chi connectivity index (χ3v) is 4.57. The van der Waals surface area contributed by atoms with Crippen molar-refractivity contribution in [2.75, 3.05) is 20.7 Å². The van der Waals surface area contributed by atoms with Gasteiger partial charge in [0, 0.05) is 31.2 Å². The molecule has 0 fully saturated rings. The number of rotatable bonds is 6. The van der Waals surface area contributed by atoms with Crippen molar-refractivity contribution in [3.8, 4) is 5.75 Å². The van der Waals surface area contributed by atoms with Crippen molar-refractivity contribution in [1.82, 2.24) is 4.90 Å². The van der Waals surface area contributed by atoms with E-state index in [0.717, 1.165) is 0 Å². The maximum absolute atomic E-state index is 11.5. The zero-order chi connectivity index (χ0) is 16.2. The molecule has 0 saturated carbocycles. The van der Waals surface area contributed by atoms with Gasteiger partial charge >= 0.3 is 0 Å². The fraction of sp³-hybridized carbons (Fsp3) is 0.500. The van der Waals surface area contributed by atoms with Gasteiger partial charge in [0.05, 0.1) is 11.5 Å². The Hall–Kier alpha value is -1.27. The molecule has 0 heterocycles. The lowest BCUT2D eigenvalue weighted by atomic mass is 10.1. The predicted molar refractivity (Wildman–Crippen MR) is 82.4 cm³/mol. The lowest BCUT2D eigenvalue weighted by Gasteiger charge is -2.12. The summed E-state index contributed by atoms with van der Waals surface area (Å²) >= 11 is 0. The normalized spacial score (nSPS) is 11.3. The fourth-order valence-electron chi connectivity index (χ4n) is 2.02. The van der Waals surface area contributed by atoms with E-state index < -0.39 is 9.05 Å². The summed E-state index contributed by atoms with van der Waals surface area (Å²) in [5.74, 6) is 0.626. The molecule has 5 nitrogen and oxygen atoms in total. The van der Waals surface area contributed by atoms with E-state index in [9.17, 15) is 13.2 Å². The Labute approximate surface area is 130 Å². The van der Waals surface area contributed by atoms with Gasteiger partial charge in [0.25, 0.3) is 9.05 Å². The number of carbonyl (C=O) groups is 1. The molecule has 0 aromatic heterocycles. The second-order valence-corrected chi connectivity index (χ2v) is 7.57. The molecule has 0 radical (unpaired) electrons. The number of carbonyl (C=O) groups excluding carboxylic acids is 1. The smallest absolute Gasteiger partial charge is 0.261 e. The minimum atomic E-state index is -3.76. The molecule has 7 heteroatoms. The highest BCUT2D eigenvalue weighted by Gasteiger charge is 2.17. The highest BCUT2D eigenvalue weighted by atomic mass is 35.7. The van der Waals surface area contributed by atoms with Crippen LogP contribution in [0.15, 0.2) is 17.0 Å². The summed E-state index contributed by atoms with van der Waals surface area (Å²) in [5.41, 5.74) is 1.09. The van der Waals surface area contributed by atoms with Crippen molar-refractivity contribution in [2.45, 2.75) is 31.6 Å². The van der Waals surface area contributed by atoms with Crippen LogP contribution in [-0.2, 0) is 13.8 Å². The second-order valence-electron chi connectivity index (χ2n) is 5.06. The van der Waals surface area contributed by atoms with Crippen LogP contribution < -0.4 is 4.74 Å². The van der Waals surface area contributed by atoms with Crippen molar-refractivity contribution >= 4 is 25.6 Å². The first-order valence-corrected chi connectivity index (χ1v) is 8.82. The Morgan fingerprint density at radius 2 is 1.76 bits per heavy atom. The number of ether oxygens (including phenoxy) is 1. The second kappa shape index (κ2) is 7.13. The number of halogens is 1. The van der Waals surface area contributed by atoms with Crippen LogP contribution in [0.25, 0.3) is 0 Å². The number of hydrogen-bond donors (Lipinski definition) is 0. The summed E-state index contributed by atoms with van der Waals surface area (Å²) < 4.78 is 28.5. The van der Waals surface area contributed by atoms with Crippen molar-refractivity contribution in [2.24, 2.45) is 0 Å². The molecule has 0 bridgehead atoms. The first-order valence-electron chi connectivity index (χ1n) is 6.51. The number of nitrogens with zero attached hydrogens (tertiary/aromatic N) is 1.